The van der Waals surface area contributed by atoms with Crippen molar-refractivity contribution in [2.45, 2.75) is 27.0 Å². The summed E-state index contributed by atoms with van der Waals surface area (Å²) in [5, 5.41) is 11.1. The van der Waals surface area contributed by atoms with E-state index in [2.05, 4.69) is 15.6 Å². The van der Waals surface area contributed by atoms with Gasteiger partial charge in [0.05, 0.1) is 12.1 Å². The van der Waals surface area contributed by atoms with Gasteiger partial charge in [-0.1, -0.05) is 58.7 Å². The second kappa shape index (κ2) is 9.23. The number of anilines is 1. The first-order valence-electron chi connectivity index (χ1n) is 9.83. The third-order valence-corrected chi connectivity index (χ3v) is 5.10. The summed E-state index contributed by atoms with van der Waals surface area (Å²) in [7, 11) is 0. The van der Waals surface area contributed by atoms with Crippen LogP contribution in [0.3, 0.4) is 0 Å². The predicted octanol–water partition coefficient (Wildman–Crippen LogP) is 5.16. The van der Waals surface area contributed by atoms with Crippen molar-refractivity contribution in [3.05, 3.63) is 93.7 Å². The van der Waals surface area contributed by atoms with Crippen LogP contribution in [0.2, 0.25) is 5.02 Å². The molecule has 2 aromatic heterocycles. The maximum absolute atomic E-state index is 13.8. The summed E-state index contributed by atoms with van der Waals surface area (Å²) < 4.78 is 26.1. The Morgan fingerprint density at radius 3 is 2.69 bits per heavy atom. The van der Waals surface area contributed by atoms with E-state index in [1.807, 2.05) is 31.2 Å². The maximum atomic E-state index is 13.8. The fourth-order valence-electron chi connectivity index (χ4n) is 3.06. The molecule has 164 valence electrons. The number of rotatable bonds is 7. The molecule has 2 aromatic carbocycles. The SMILES string of the molecule is Cc1ccc(Cn2cc(Cl)c(NC(=O)c3noc(C)c3COc3ccccc3F)n2)cc1. The minimum Gasteiger partial charge on any atom is -0.486 e. The fourth-order valence-corrected chi connectivity index (χ4v) is 3.26. The van der Waals surface area contributed by atoms with Crippen LogP contribution in [-0.2, 0) is 13.2 Å². The van der Waals surface area contributed by atoms with Gasteiger partial charge in [-0.2, -0.15) is 5.10 Å². The average molecular weight is 455 g/mol. The number of halogens is 2. The highest BCUT2D eigenvalue weighted by Crippen LogP contribution is 2.24. The van der Waals surface area contributed by atoms with Gasteiger partial charge in [0.2, 0.25) is 0 Å². The lowest BCUT2D eigenvalue weighted by Crippen LogP contribution is -2.16. The van der Waals surface area contributed by atoms with Gasteiger partial charge in [-0.15, -0.1) is 0 Å². The second-order valence-corrected chi connectivity index (χ2v) is 7.66. The van der Waals surface area contributed by atoms with Crippen molar-refractivity contribution in [1.29, 1.82) is 0 Å². The molecule has 2 heterocycles. The van der Waals surface area contributed by atoms with Gasteiger partial charge in [-0.3, -0.25) is 9.48 Å². The zero-order chi connectivity index (χ0) is 22.7. The Morgan fingerprint density at radius 2 is 1.94 bits per heavy atom. The van der Waals surface area contributed by atoms with E-state index in [1.165, 1.54) is 12.1 Å². The monoisotopic (exact) mass is 454 g/mol. The molecule has 32 heavy (non-hydrogen) atoms. The van der Waals surface area contributed by atoms with Crippen molar-refractivity contribution < 1.29 is 18.4 Å². The lowest BCUT2D eigenvalue weighted by Gasteiger charge is -2.07. The van der Waals surface area contributed by atoms with E-state index >= 15 is 0 Å². The van der Waals surface area contributed by atoms with Crippen molar-refractivity contribution >= 4 is 23.3 Å². The largest absolute Gasteiger partial charge is 0.486 e. The summed E-state index contributed by atoms with van der Waals surface area (Å²) in [4.78, 5) is 12.8. The summed E-state index contributed by atoms with van der Waals surface area (Å²) in [5.74, 6) is -0.403. The van der Waals surface area contributed by atoms with Gasteiger partial charge in [0.1, 0.15) is 17.4 Å². The number of amides is 1. The first kappa shape index (κ1) is 21.6. The minimum atomic E-state index is -0.559. The maximum Gasteiger partial charge on any atom is 0.279 e. The van der Waals surface area contributed by atoms with Crippen LogP contribution in [-0.4, -0.2) is 20.8 Å². The van der Waals surface area contributed by atoms with Gasteiger partial charge in [-0.05, 0) is 31.5 Å². The number of benzene rings is 2. The number of aryl methyl sites for hydroxylation is 2. The molecule has 0 saturated heterocycles. The Labute approximate surface area is 188 Å². The predicted molar refractivity (Wildman–Crippen MR) is 117 cm³/mol. The van der Waals surface area contributed by atoms with Crippen molar-refractivity contribution in [2.24, 2.45) is 0 Å². The summed E-state index contributed by atoms with van der Waals surface area (Å²) >= 11 is 6.26. The van der Waals surface area contributed by atoms with E-state index in [9.17, 15) is 9.18 Å². The van der Waals surface area contributed by atoms with Gasteiger partial charge >= 0.3 is 0 Å². The van der Waals surface area contributed by atoms with Crippen LogP contribution >= 0.6 is 11.6 Å². The van der Waals surface area contributed by atoms with Crippen LogP contribution < -0.4 is 10.1 Å². The van der Waals surface area contributed by atoms with Crippen molar-refractivity contribution in [2.75, 3.05) is 5.32 Å². The van der Waals surface area contributed by atoms with E-state index in [-0.39, 0.29) is 28.9 Å². The number of nitrogens with one attached hydrogen (secondary N) is 1. The normalized spacial score (nSPS) is 10.9. The highest BCUT2D eigenvalue weighted by atomic mass is 35.5. The molecule has 4 aromatic rings. The molecule has 0 saturated carbocycles. The molecular weight excluding hydrogens is 435 g/mol. The smallest absolute Gasteiger partial charge is 0.279 e. The first-order chi connectivity index (χ1) is 15.4. The Morgan fingerprint density at radius 1 is 1.19 bits per heavy atom. The molecule has 0 aliphatic heterocycles. The molecule has 4 rings (SSSR count). The van der Waals surface area contributed by atoms with Crippen LogP contribution in [0.1, 0.15) is 32.9 Å². The third kappa shape index (κ3) is 4.81. The molecule has 0 atom stereocenters. The lowest BCUT2D eigenvalue weighted by atomic mass is 10.1. The zero-order valence-electron chi connectivity index (χ0n) is 17.4. The molecular formula is C23H20ClFN4O3. The van der Waals surface area contributed by atoms with Crippen LogP contribution in [0.4, 0.5) is 10.2 Å². The Kier molecular flexibility index (Phi) is 6.23. The quantitative estimate of drug-likeness (QED) is 0.417. The van der Waals surface area contributed by atoms with Crippen LogP contribution in [0.25, 0.3) is 0 Å². The van der Waals surface area contributed by atoms with Gasteiger partial charge in [0.15, 0.2) is 23.1 Å². The van der Waals surface area contributed by atoms with Gasteiger partial charge in [-0.25, -0.2) is 4.39 Å². The molecule has 1 N–H and O–H groups in total. The third-order valence-electron chi connectivity index (χ3n) is 4.82. The standard InChI is InChI=1S/C23H20ClFN4O3/c1-14-7-9-16(10-8-14)11-29-12-18(24)22(27-29)26-23(30)21-17(15(2)32-28-21)13-31-20-6-4-3-5-19(20)25/h3-10,12H,11,13H2,1-2H3,(H,26,27,30). The summed E-state index contributed by atoms with van der Waals surface area (Å²) in [6.45, 7) is 4.08. The number of ether oxygens (including phenoxy) is 1. The highest BCUT2D eigenvalue weighted by Gasteiger charge is 2.22. The van der Waals surface area contributed by atoms with Crippen LogP contribution in [0, 0.1) is 19.7 Å². The van der Waals surface area contributed by atoms with E-state index < -0.39 is 11.7 Å². The molecule has 7 nitrogen and oxygen atoms in total. The zero-order valence-corrected chi connectivity index (χ0v) is 18.2. The molecule has 9 heteroatoms. The number of aromatic nitrogens is 3. The number of carbonyl (C=O) groups is 1. The van der Waals surface area contributed by atoms with E-state index in [0.717, 1.165) is 11.1 Å². The summed E-state index contributed by atoms with van der Waals surface area (Å²) in [6.07, 6.45) is 1.63. The number of hydrogen-bond acceptors (Lipinski definition) is 5. The first-order valence-corrected chi connectivity index (χ1v) is 10.2. The number of hydrogen-bond donors (Lipinski definition) is 1. The Balaban J connectivity index is 1.47. The van der Waals surface area contributed by atoms with Crippen molar-refractivity contribution in [3.63, 3.8) is 0 Å². The van der Waals surface area contributed by atoms with Gasteiger partial charge < -0.3 is 14.6 Å². The molecule has 0 fully saturated rings. The lowest BCUT2D eigenvalue weighted by molar-refractivity contribution is 0.101. The second-order valence-electron chi connectivity index (χ2n) is 7.25. The van der Waals surface area contributed by atoms with E-state index in [4.69, 9.17) is 20.9 Å². The Bertz CT molecular complexity index is 1250. The molecule has 0 unspecified atom stereocenters. The summed E-state index contributed by atoms with van der Waals surface area (Å²) in [6, 6.07) is 14.0. The summed E-state index contributed by atoms with van der Waals surface area (Å²) in [5.41, 5.74) is 2.63. The van der Waals surface area contributed by atoms with E-state index in [1.54, 1.807) is 29.9 Å². The highest BCUT2D eigenvalue weighted by molar-refractivity contribution is 6.33. The van der Waals surface area contributed by atoms with Crippen molar-refractivity contribution in [1.82, 2.24) is 14.9 Å². The topological polar surface area (TPSA) is 82.2 Å². The van der Waals surface area contributed by atoms with E-state index in [0.29, 0.717) is 17.9 Å². The van der Waals surface area contributed by atoms with Crippen LogP contribution in [0.15, 0.2) is 59.3 Å². The molecule has 0 aliphatic rings. The number of nitrogens with zero attached hydrogens (tertiary/aromatic N) is 3. The minimum absolute atomic E-state index is 0.0167. The number of carbonyl (C=O) groups excluding carboxylic acids is 1. The number of para-hydroxylation sites is 1. The average Bonchev–Trinajstić information content (AvgIpc) is 3.31. The van der Waals surface area contributed by atoms with Gasteiger partial charge in [0, 0.05) is 6.20 Å². The van der Waals surface area contributed by atoms with Gasteiger partial charge in [0.25, 0.3) is 5.91 Å². The molecule has 0 radical (unpaired) electrons. The Hall–Kier alpha value is -3.65. The molecule has 1 amide bonds. The van der Waals surface area contributed by atoms with Crippen LogP contribution in [0.5, 0.6) is 5.75 Å². The molecule has 0 aliphatic carbocycles. The molecule has 0 bridgehead atoms. The van der Waals surface area contributed by atoms with Crippen molar-refractivity contribution in [3.8, 4) is 5.75 Å². The molecule has 0 spiro atoms. The fraction of sp³-hybridized carbons (Fsp3) is 0.174.